The number of H-pyrrole nitrogens is 1. The van der Waals surface area contributed by atoms with E-state index in [0.717, 1.165) is 0 Å². The van der Waals surface area contributed by atoms with Gasteiger partial charge in [0.05, 0.1) is 24.9 Å². The van der Waals surface area contributed by atoms with Crippen molar-refractivity contribution in [1.82, 2.24) is 31.2 Å². The number of carbonyl (C=O) groups is 4. The minimum Gasteiger partial charge on any atom is -0.491 e. The Morgan fingerprint density at radius 1 is 1.23 bits per heavy atom. The summed E-state index contributed by atoms with van der Waals surface area (Å²) >= 11 is 0. The fraction of sp³-hybridized carbons (Fsp3) is 0.435. The zero-order valence-corrected chi connectivity index (χ0v) is 19.5. The number of aromatic nitrogens is 2. The van der Waals surface area contributed by atoms with Crippen LogP contribution in [0.4, 0.5) is 0 Å². The molecule has 1 aliphatic heterocycles. The zero-order chi connectivity index (χ0) is 25.0. The van der Waals surface area contributed by atoms with Gasteiger partial charge in [-0.3, -0.25) is 19.2 Å². The van der Waals surface area contributed by atoms with Crippen LogP contribution in [0, 0.1) is 0 Å². The molecule has 2 heterocycles. The van der Waals surface area contributed by atoms with Crippen molar-refractivity contribution in [2.45, 2.75) is 31.3 Å². The summed E-state index contributed by atoms with van der Waals surface area (Å²) in [7, 11) is 1.55. The van der Waals surface area contributed by atoms with Crippen LogP contribution < -0.4 is 26.0 Å². The van der Waals surface area contributed by atoms with Gasteiger partial charge in [-0.1, -0.05) is 12.1 Å². The normalized spacial score (nSPS) is 19.3. The second-order valence-corrected chi connectivity index (χ2v) is 7.90. The third-order valence-electron chi connectivity index (χ3n) is 5.26. The first kappa shape index (κ1) is 25.7. The number of aromatic amines is 1. The van der Waals surface area contributed by atoms with Gasteiger partial charge in [-0.05, 0) is 18.6 Å². The topological polar surface area (TPSA) is 164 Å². The molecule has 0 unspecified atom stereocenters. The van der Waals surface area contributed by atoms with Crippen LogP contribution in [0.15, 0.2) is 36.8 Å². The molecule has 0 spiro atoms. The molecule has 12 heteroatoms. The molecular formula is C23H30N6O6. The Kier molecular flexibility index (Phi) is 9.60. The van der Waals surface area contributed by atoms with Gasteiger partial charge in [0.1, 0.15) is 24.4 Å². The Labute approximate surface area is 202 Å². The van der Waals surface area contributed by atoms with E-state index in [9.17, 15) is 19.2 Å². The highest BCUT2D eigenvalue weighted by Crippen LogP contribution is 2.18. The Bertz CT molecular complexity index is 1010. The van der Waals surface area contributed by atoms with Gasteiger partial charge >= 0.3 is 0 Å². The summed E-state index contributed by atoms with van der Waals surface area (Å²) < 4.78 is 10.7. The predicted molar refractivity (Wildman–Crippen MR) is 125 cm³/mol. The lowest BCUT2D eigenvalue weighted by Crippen LogP contribution is -2.53. The van der Waals surface area contributed by atoms with Crippen LogP contribution in [0.5, 0.6) is 5.75 Å². The number of hydrogen-bond acceptors (Lipinski definition) is 7. The molecule has 35 heavy (non-hydrogen) atoms. The number of fused-ring (bicyclic) bond motifs is 1. The van der Waals surface area contributed by atoms with Gasteiger partial charge < -0.3 is 35.7 Å². The molecule has 0 fully saturated rings. The highest BCUT2D eigenvalue weighted by molar-refractivity contribution is 6.01. The van der Waals surface area contributed by atoms with Gasteiger partial charge in [0, 0.05) is 38.6 Å². The van der Waals surface area contributed by atoms with E-state index >= 15 is 0 Å². The van der Waals surface area contributed by atoms with Gasteiger partial charge in [-0.2, -0.15) is 0 Å². The first-order valence-electron chi connectivity index (χ1n) is 11.3. The number of carbonyl (C=O) groups excluding carboxylic acids is 4. The van der Waals surface area contributed by atoms with Gasteiger partial charge in [0.25, 0.3) is 5.91 Å². The summed E-state index contributed by atoms with van der Waals surface area (Å²) in [5, 5.41) is 10.7. The van der Waals surface area contributed by atoms with Crippen LogP contribution in [0.3, 0.4) is 0 Å². The smallest absolute Gasteiger partial charge is 0.255 e. The largest absolute Gasteiger partial charge is 0.491 e. The molecule has 3 rings (SSSR count). The zero-order valence-electron chi connectivity index (χ0n) is 19.5. The van der Waals surface area contributed by atoms with E-state index in [0.29, 0.717) is 31.0 Å². The van der Waals surface area contributed by atoms with E-state index in [1.165, 1.54) is 6.33 Å². The standard InChI is InChI=1S/C23H30N6O6/c1-34-9-4-7-25-23(33)18-12-20(30)28-17(11-15-13-24-14-27-15)22(32)26-8-10-35-19-6-3-2-5-16(19)21(31)29-18/h2-3,5-6,13-14,17-18H,4,7-12H2,1H3,(H,24,27)(H,25,33)(H,26,32)(H,28,30)(H,29,31)/t17-,18-/m0/s1. The SMILES string of the molecule is COCCCNC(=O)[C@@H]1CC(=O)N[C@@H](Cc2cnc[nH]2)C(=O)NCCOc2ccccc2C(=O)N1. The van der Waals surface area contributed by atoms with Crippen molar-refractivity contribution in [1.29, 1.82) is 0 Å². The number of benzene rings is 1. The van der Waals surface area contributed by atoms with Crippen molar-refractivity contribution in [3.63, 3.8) is 0 Å². The fourth-order valence-corrected chi connectivity index (χ4v) is 3.50. The number of ether oxygens (including phenoxy) is 2. The molecule has 0 bridgehead atoms. The molecule has 0 saturated heterocycles. The summed E-state index contributed by atoms with van der Waals surface area (Å²) in [5.41, 5.74) is 0.864. The lowest BCUT2D eigenvalue weighted by Gasteiger charge is -2.23. The molecule has 5 N–H and O–H groups in total. The maximum absolute atomic E-state index is 13.0. The van der Waals surface area contributed by atoms with Crippen molar-refractivity contribution in [3.8, 4) is 5.75 Å². The monoisotopic (exact) mass is 486 g/mol. The summed E-state index contributed by atoms with van der Waals surface area (Å²) in [6.45, 7) is 1.03. The number of rotatable bonds is 7. The number of hydrogen-bond donors (Lipinski definition) is 5. The number of nitrogens with one attached hydrogen (secondary N) is 5. The number of amides is 4. The second kappa shape index (κ2) is 13.1. The summed E-state index contributed by atoms with van der Waals surface area (Å²) in [4.78, 5) is 58.4. The van der Waals surface area contributed by atoms with Crippen molar-refractivity contribution < 1.29 is 28.7 Å². The van der Waals surface area contributed by atoms with Crippen LogP contribution in [0.2, 0.25) is 0 Å². The maximum Gasteiger partial charge on any atom is 0.255 e. The van der Waals surface area contributed by atoms with Crippen molar-refractivity contribution in [2.75, 3.05) is 33.4 Å². The van der Waals surface area contributed by atoms with E-state index in [1.54, 1.807) is 37.6 Å². The summed E-state index contributed by atoms with van der Waals surface area (Å²) in [5.74, 6) is -1.76. The van der Waals surface area contributed by atoms with E-state index < -0.39 is 35.7 Å². The van der Waals surface area contributed by atoms with Crippen LogP contribution in [-0.4, -0.2) is 79.1 Å². The quantitative estimate of drug-likeness (QED) is 0.323. The van der Waals surface area contributed by atoms with Crippen molar-refractivity contribution in [3.05, 3.63) is 48.0 Å². The van der Waals surface area contributed by atoms with Gasteiger partial charge in [-0.25, -0.2) is 4.98 Å². The number of nitrogens with zero attached hydrogens (tertiary/aromatic N) is 1. The first-order chi connectivity index (χ1) is 17.0. The van der Waals surface area contributed by atoms with Crippen LogP contribution in [0.25, 0.3) is 0 Å². The third-order valence-corrected chi connectivity index (χ3v) is 5.26. The molecule has 1 aromatic heterocycles. The maximum atomic E-state index is 13.0. The molecule has 2 atom stereocenters. The second-order valence-electron chi connectivity index (χ2n) is 7.90. The molecule has 0 saturated carbocycles. The molecule has 188 valence electrons. The van der Waals surface area contributed by atoms with Gasteiger partial charge in [-0.15, -0.1) is 0 Å². The Balaban J connectivity index is 1.82. The Hall–Kier alpha value is -3.93. The molecule has 2 aromatic rings. The number of para-hydroxylation sites is 1. The average molecular weight is 487 g/mol. The lowest BCUT2D eigenvalue weighted by atomic mass is 10.1. The van der Waals surface area contributed by atoms with E-state index in [-0.39, 0.29) is 31.6 Å². The molecule has 1 aromatic carbocycles. The molecule has 0 aliphatic carbocycles. The van der Waals surface area contributed by atoms with Gasteiger partial charge in [0.15, 0.2) is 0 Å². The predicted octanol–water partition coefficient (Wildman–Crippen LogP) is -0.713. The Morgan fingerprint density at radius 3 is 2.83 bits per heavy atom. The lowest BCUT2D eigenvalue weighted by molar-refractivity contribution is -0.131. The molecule has 0 radical (unpaired) electrons. The molecule has 1 aliphatic rings. The Morgan fingerprint density at radius 2 is 2.06 bits per heavy atom. The van der Waals surface area contributed by atoms with E-state index in [2.05, 4.69) is 31.2 Å². The van der Waals surface area contributed by atoms with E-state index in [4.69, 9.17) is 9.47 Å². The fourth-order valence-electron chi connectivity index (χ4n) is 3.50. The van der Waals surface area contributed by atoms with Crippen LogP contribution in [-0.2, 0) is 25.5 Å². The highest BCUT2D eigenvalue weighted by Gasteiger charge is 2.28. The first-order valence-corrected chi connectivity index (χ1v) is 11.3. The highest BCUT2D eigenvalue weighted by atomic mass is 16.5. The number of imidazole rings is 1. The van der Waals surface area contributed by atoms with Crippen molar-refractivity contribution in [2.24, 2.45) is 0 Å². The average Bonchev–Trinajstić information content (AvgIpc) is 3.36. The number of methoxy groups -OCH3 is 1. The van der Waals surface area contributed by atoms with Crippen LogP contribution in [0.1, 0.15) is 28.9 Å². The minimum absolute atomic E-state index is 0.101. The van der Waals surface area contributed by atoms with Crippen LogP contribution >= 0.6 is 0 Å². The summed E-state index contributed by atoms with van der Waals surface area (Å²) in [6, 6.07) is 4.47. The van der Waals surface area contributed by atoms with Crippen molar-refractivity contribution >= 4 is 23.6 Å². The molecule has 4 amide bonds. The van der Waals surface area contributed by atoms with Gasteiger partial charge in [0.2, 0.25) is 17.7 Å². The summed E-state index contributed by atoms with van der Waals surface area (Å²) in [6.07, 6.45) is 3.40. The van der Waals surface area contributed by atoms with E-state index in [1.807, 2.05) is 0 Å². The minimum atomic E-state index is -1.17. The molecule has 12 nitrogen and oxygen atoms in total. The third kappa shape index (κ3) is 7.81. The molecular weight excluding hydrogens is 456 g/mol.